The zero-order chi connectivity index (χ0) is 16.2. The monoisotopic (exact) mass is 334 g/mol. The van der Waals surface area contributed by atoms with Gasteiger partial charge in [-0.25, -0.2) is 0 Å². The molecule has 0 radical (unpaired) electrons. The number of likely N-dealkylation sites (tertiary alicyclic amines) is 1. The van der Waals surface area contributed by atoms with Gasteiger partial charge in [-0.05, 0) is 37.0 Å². The van der Waals surface area contributed by atoms with E-state index < -0.39 is 0 Å². The van der Waals surface area contributed by atoms with Gasteiger partial charge in [-0.1, -0.05) is 36.6 Å². The van der Waals surface area contributed by atoms with Gasteiger partial charge in [-0.3, -0.25) is 9.59 Å². The highest BCUT2D eigenvalue weighted by Gasteiger charge is 2.38. The molecule has 1 heterocycles. The molecule has 4 nitrogen and oxygen atoms in total. The van der Waals surface area contributed by atoms with Crippen molar-refractivity contribution in [1.82, 2.24) is 10.2 Å². The van der Waals surface area contributed by atoms with Gasteiger partial charge in [0.05, 0.1) is 5.92 Å². The van der Waals surface area contributed by atoms with Crippen LogP contribution in [0.3, 0.4) is 0 Å². The smallest absolute Gasteiger partial charge is 0.225 e. The molecule has 1 saturated heterocycles. The molecule has 1 aliphatic carbocycles. The highest BCUT2D eigenvalue weighted by atomic mass is 35.5. The maximum atomic E-state index is 12.3. The number of nitrogens with zero attached hydrogens (tertiary/aromatic N) is 1. The molecule has 0 bridgehead atoms. The van der Waals surface area contributed by atoms with Crippen molar-refractivity contribution in [1.29, 1.82) is 0 Å². The molecule has 1 aliphatic heterocycles. The summed E-state index contributed by atoms with van der Waals surface area (Å²) in [6.07, 6.45) is 5.73. The van der Waals surface area contributed by atoms with Crippen LogP contribution in [0.5, 0.6) is 0 Å². The highest BCUT2D eigenvalue weighted by molar-refractivity contribution is 6.30. The van der Waals surface area contributed by atoms with Crippen LogP contribution in [0.15, 0.2) is 24.3 Å². The first kappa shape index (κ1) is 16.3. The molecule has 1 N–H and O–H groups in total. The van der Waals surface area contributed by atoms with E-state index in [1.54, 1.807) is 0 Å². The Labute approximate surface area is 142 Å². The van der Waals surface area contributed by atoms with E-state index in [2.05, 4.69) is 5.32 Å². The van der Waals surface area contributed by atoms with Crippen LogP contribution in [0.25, 0.3) is 0 Å². The number of rotatable bonds is 5. The SMILES string of the molecule is O=C(NCCc1ccc(Cl)cc1)[C@@H]1CC(=O)N(C2CCCC2)C1. The van der Waals surface area contributed by atoms with Gasteiger partial charge in [0.15, 0.2) is 0 Å². The van der Waals surface area contributed by atoms with Crippen molar-refractivity contribution in [3.8, 4) is 0 Å². The van der Waals surface area contributed by atoms with E-state index in [1.165, 1.54) is 12.8 Å². The molecule has 3 rings (SSSR count). The first-order valence-electron chi connectivity index (χ1n) is 8.45. The van der Waals surface area contributed by atoms with Crippen LogP contribution >= 0.6 is 11.6 Å². The first-order valence-corrected chi connectivity index (χ1v) is 8.83. The molecule has 1 aromatic carbocycles. The fourth-order valence-corrected chi connectivity index (χ4v) is 3.73. The van der Waals surface area contributed by atoms with Gasteiger partial charge in [-0.15, -0.1) is 0 Å². The molecule has 1 atom stereocenters. The summed E-state index contributed by atoms with van der Waals surface area (Å²) < 4.78 is 0. The number of amides is 2. The average Bonchev–Trinajstić information content (AvgIpc) is 3.18. The third-order valence-corrected chi connectivity index (χ3v) is 5.17. The topological polar surface area (TPSA) is 49.4 Å². The summed E-state index contributed by atoms with van der Waals surface area (Å²) in [5, 5.41) is 3.69. The number of hydrogen-bond donors (Lipinski definition) is 1. The standard InChI is InChI=1S/C18H23ClN2O2/c19-15-7-5-13(6-8-15)9-10-20-18(23)14-11-17(22)21(12-14)16-3-1-2-4-16/h5-8,14,16H,1-4,9-12H2,(H,20,23)/t14-/m1/s1. The normalized spacial score (nSPS) is 21.9. The van der Waals surface area contributed by atoms with Crippen molar-refractivity contribution < 1.29 is 9.59 Å². The summed E-state index contributed by atoms with van der Waals surface area (Å²) >= 11 is 5.86. The van der Waals surface area contributed by atoms with Crippen LogP contribution in [0.2, 0.25) is 5.02 Å². The number of halogens is 1. The Balaban J connectivity index is 1.45. The van der Waals surface area contributed by atoms with Crippen LogP contribution in [-0.4, -0.2) is 35.8 Å². The number of carbonyl (C=O) groups excluding carboxylic acids is 2. The number of hydrogen-bond acceptors (Lipinski definition) is 2. The van der Waals surface area contributed by atoms with Gasteiger partial charge in [0, 0.05) is 30.6 Å². The Morgan fingerprint density at radius 1 is 1.22 bits per heavy atom. The van der Waals surface area contributed by atoms with Crippen molar-refractivity contribution in [3.05, 3.63) is 34.9 Å². The average molecular weight is 335 g/mol. The lowest BCUT2D eigenvalue weighted by atomic mass is 10.1. The molecule has 0 spiro atoms. The Morgan fingerprint density at radius 2 is 1.91 bits per heavy atom. The molecular formula is C18H23ClN2O2. The molecule has 1 aromatic rings. The van der Waals surface area contributed by atoms with E-state index in [0.29, 0.717) is 30.6 Å². The third-order valence-electron chi connectivity index (χ3n) is 4.92. The zero-order valence-electron chi connectivity index (χ0n) is 13.3. The maximum Gasteiger partial charge on any atom is 0.225 e. The lowest BCUT2D eigenvalue weighted by Crippen LogP contribution is -2.37. The lowest BCUT2D eigenvalue weighted by Gasteiger charge is -2.23. The molecule has 124 valence electrons. The molecule has 0 aromatic heterocycles. The summed E-state index contributed by atoms with van der Waals surface area (Å²) in [7, 11) is 0. The fourth-order valence-electron chi connectivity index (χ4n) is 3.60. The van der Waals surface area contributed by atoms with Crippen LogP contribution in [0.1, 0.15) is 37.7 Å². The van der Waals surface area contributed by atoms with Gasteiger partial charge in [0.25, 0.3) is 0 Å². The number of benzene rings is 1. The molecule has 2 amide bonds. The van der Waals surface area contributed by atoms with Gasteiger partial charge in [0.2, 0.25) is 11.8 Å². The van der Waals surface area contributed by atoms with E-state index in [9.17, 15) is 9.59 Å². The second-order valence-corrected chi connectivity index (χ2v) is 6.99. The van der Waals surface area contributed by atoms with Crippen molar-refractivity contribution in [2.75, 3.05) is 13.1 Å². The minimum absolute atomic E-state index is 0.00723. The van der Waals surface area contributed by atoms with Crippen LogP contribution in [0.4, 0.5) is 0 Å². The summed E-state index contributed by atoms with van der Waals surface area (Å²) in [6.45, 7) is 1.19. The quantitative estimate of drug-likeness (QED) is 0.900. The summed E-state index contributed by atoms with van der Waals surface area (Å²) in [4.78, 5) is 26.4. The van der Waals surface area contributed by atoms with E-state index in [4.69, 9.17) is 11.6 Å². The minimum Gasteiger partial charge on any atom is -0.355 e. The Bertz CT molecular complexity index is 567. The van der Waals surface area contributed by atoms with Crippen LogP contribution < -0.4 is 5.32 Å². The van der Waals surface area contributed by atoms with Gasteiger partial charge >= 0.3 is 0 Å². The summed E-state index contributed by atoms with van der Waals surface area (Å²) in [5.41, 5.74) is 1.14. The first-order chi connectivity index (χ1) is 11.1. The van der Waals surface area contributed by atoms with Gasteiger partial charge < -0.3 is 10.2 Å². The lowest BCUT2D eigenvalue weighted by molar-refractivity contribution is -0.130. The van der Waals surface area contributed by atoms with Crippen LogP contribution in [0, 0.1) is 5.92 Å². The van der Waals surface area contributed by atoms with E-state index in [1.807, 2.05) is 29.2 Å². The van der Waals surface area contributed by atoms with Crippen molar-refractivity contribution in [2.24, 2.45) is 5.92 Å². The predicted molar refractivity (Wildman–Crippen MR) is 90.2 cm³/mol. The minimum atomic E-state index is -0.187. The van der Waals surface area contributed by atoms with Crippen LogP contribution in [-0.2, 0) is 16.0 Å². The van der Waals surface area contributed by atoms with Crippen molar-refractivity contribution in [2.45, 2.75) is 44.6 Å². The predicted octanol–water partition coefficient (Wildman–Crippen LogP) is 2.79. The van der Waals surface area contributed by atoms with E-state index in [0.717, 1.165) is 24.8 Å². The Hall–Kier alpha value is -1.55. The molecular weight excluding hydrogens is 312 g/mol. The second kappa shape index (κ2) is 7.35. The fraction of sp³-hybridized carbons (Fsp3) is 0.556. The molecule has 23 heavy (non-hydrogen) atoms. The molecule has 2 aliphatic rings. The number of nitrogens with one attached hydrogen (secondary N) is 1. The van der Waals surface area contributed by atoms with E-state index >= 15 is 0 Å². The Morgan fingerprint density at radius 3 is 2.61 bits per heavy atom. The molecule has 5 heteroatoms. The van der Waals surface area contributed by atoms with Crippen molar-refractivity contribution >= 4 is 23.4 Å². The summed E-state index contributed by atoms with van der Waals surface area (Å²) in [6, 6.07) is 8.02. The highest BCUT2D eigenvalue weighted by Crippen LogP contribution is 2.29. The van der Waals surface area contributed by atoms with Gasteiger partial charge in [-0.2, -0.15) is 0 Å². The molecule has 1 saturated carbocycles. The largest absolute Gasteiger partial charge is 0.355 e. The van der Waals surface area contributed by atoms with E-state index in [-0.39, 0.29) is 17.7 Å². The zero-order valence-corrected chi connectivity index (χ0v) is 14.0. The van der Waals surface area contributed by atoms with Gasteiger partial charge in [0.1, 0.15) is 0 Å². The number of carbonyl (C=O) groups is 2. The summed E-state index contributed by atoms with van der Waals surface area (Å²) in [5.74, 6) is -0.0316. The third kappa shape index (κ3) is 4.05. The maximum absolute atomic E-state index is 12.3. The second-order valence-electron chi connectivity index (χ2n) is 6.55. The van der Waals surface area contributed by atoms with Crippen molar-refractivity contribution in [3.63, 3.8) is 0 Å². The molecule has 0 unspecified atom stereocenters. The Kier molecular flexibility index (Phi) is 5.21. The molecule has 2 fully saturated rings.